The third-order valence-electron chi connectivity index (χ3n) is 2.86. The van der Waals surface area contributed by atoms with E-state index in [4.69, 9.17) is 15.4 Å². The molecular weight excluding hydrogens is 234 g/mol. The fraction of sp³-hybridized carbons (Fsp3) is 0.667. The molecule has 94 valence electrons. The van der Waals surface area contributed by atoms with Crippen molar-refractivity contribution in [2.45, 2.75) is 50.8 Å². The molecule has 0 bridgehead atoms. The summed E-state index contributed by atoms with van der Waals surface area (Å²) in [6, 6.07) is 2.17. The summed E-state index contributed by atoms with van der Waals surface area (Å²) >= 11 is 1.57. The topological polar surface area (TPSA) is 75.8 Å². The molecule has 0 aromatic carbocycles. The van der Waals surface area contributed by atoms with Crippen molar-refractivity contribution >= 4 is 11.8 Å². The fourth-order valence-corrected chi connectivity index (χ4v) is 2.21. The smallest absolute Gasteiger partial charge is 0.256 e. The van der Waals surface area contributed by atoms with Gasteiger partial charge in [0.2, 0.25) is 0 Å². The second-order valence-corrected chi connectivity index (χ2v) is 5.24. The van der Waals surface area contributed by atoms with Crippen molar-refractivity contribution in [1.29, 1.82) is 5.26 Å². The minimum Gasteiger partial charge on any atom is -0.437 e. The largest absolute Gasteiger partial charge is 0.437 e. The summed E-state index contributed by atoms with van der Waals surface area (Å²) in [5.41, 5.74) is 6.15. The summed E-state index contributed by atoms with van der Waals surface area (Å²) in [6.07, 6.45) is 2.29. The molecule has 2 N–H and O–H groups in total. The van der Waals surface area contributed by atoms with E-state index in [2.05, 4.69) is 11.1 Å². The number of aryl methyl sites for hydroxylation is 2. The van der Waals surface area contributed by atoms with Gasteiger partial charge in [0.1, 0.15) is 11.3 Å². The van der Waals surface area contributed by atoms with E-state index in [1.54, 1.807) is 11.8 Å². The molecule has 5 heteroatoms. The Morgan fingerprint density at radius 1 is 1.53 bits per heavy atom. The van der Waals surface area contributed by atoms with Gasteiger partial charge in [-0.25, -0.2) is 4.98 Å². The molecule has 0 spiro atoms. The summed E-state index contributed by atoms with van der Waals surface area (Å²) in [4.78, 5) is 4.28. The van der Waals surface area contributed by atoms with E-state index in [0.717, 1.165) is 23.6 Å². The van der Waals surface area contributed by atoms with E-state index in [1.807, 2.05) is 20.8 Å². The van der Waals surface area contributed by atoms with E-state index < -0.39 is 5.54 Å². The second kappa shape index (κ2) is 6.08. The normalized spacial score (nSPS) is 14.3. The Hall–Kier alpha value is -0.990. The summed E-state index contributed by atoms with van der Waals surface area (Å²) in [5.74, 6) is 1.74. The van der Waals surface area contributed by atoms with Crippen LogP contribution < -0.4 is 5.73 Å². The van der Waals surface area contributed by atoms with Crippen LogP contribution in [0.25, 0.3) is 0 Å². The van der Waals surface area contributed by atoms with Crippen LogP contribution in [0.5, 0.6) is 0 Å². The van der Waals surface area contributed by atoms with Crippen molar-refractivity contribution in [2.24, 2.45) is 5.73 Å². The van der Waals surface area contributed by atoms with Crippen LogP contribution in [0.1, 0.15) is 37.6 Å². The summed E-state index contributed by atoms with van der Waals surface area (Å²) in [6.45, 7) is 5.78. The fourth-order valence-electron chi connectivity index (χ4n) is 1.36. The SMILES string of the molecule is CCC(N)(C#N)CCCSc1nc(C)c(C)o1. The molecule has 0 aliphatic rings. The van der Waals surface area contributed by atoms with Gasteiger partial charge >= 0.3 is 0 Å². The van der Waals surface area contributed by atoms with Crippen LogP contribution in [0.3, 0.4) is 0 Å². The van der Waals surface area contributed by atoms with Gasteiger partial charge in [-0.3, -0.25) is 0 Å². The highest BCUT2D eigenvalue weighted by Crippen LogP contribution is 2.22. The van der Waals surface area contributed by atoms with Crippen LogP contribution in [0.15, 0.2) is 9.64 Å². The van der Waals surface area contributed by atoms with Crippen molar-refractivity contribution in [2.75, 3.05) is 5.75 Å². The monoisotopic (exact) mass is 253 g/mol. The van der Waals surface area contributed by atoms with E-state index in [9.17, 15) is 0 Å². The maximum atomic E-state index is 8.93. The van der Waals surface area contributed by atoms with E-state index in [1.165, 1.54) is 0 Å². The van der Waals surface area contributed by atoms with Crippen LogP contribution in [-0.4, -0.2) is 16.3 Å². The first kappa shape index (κ1) is 14.1. The van der Waals surface area contributed by atoms with Gasteiger partial charge in [-0.1, -0.05) is 18.7 Å². The van der Waals surface area contributed by atoms with Crippen LogP contribution in [0, 0.1) is 25.2 Å². The van der Waals surface area contributed by atoms with Gasteiger partial charge in [0.15, 0.2) is 0 Å². The zero-order valence-corrected chi connectivity index (χ0v) is 11.4. The predicted molar refractivity (Wildman–Crippen MR) is 68.8 cm³/mol. The number of hydrogen-bond acceptors (Lipinski definition) is 5. The van der Waals surface area contributed by atoms with Crippen molar-refractivity contribution in [3.8, 4) is 6.07 Å². The van der Waals surface area contributed by atoms with Gasteiger partial charge in [0.25, 0.3) is 5.22 Å². The Morgan fingerprint density at radius 2 is 2.24 bits per heavy atom. The lowest BCUT2D eigenvalue weighted by molar-refractivity contribution is 0.430. The molecular formula is C12H19N3OS. The highest BCUT2D eigenvalue weighted by atomic mass is 32.2. The molecule has 0 saturated carbocycles. The average molecular weight is 253 g/mol. The Balaban J connectivity index is 2.32. The van der Waals surface area contributed by atoms with Crippen LogP contribution in [0.4, 0.5) is 0 Å². The van der Waals surface area contributed by atoms with Gasteiger partial charge in [-0.05, 0) is 33.1 Å². The maximum Gasteiger partial charge on any atom is 0.256 e. The number of nitrogens with two attached hydrogens (primary N) is 1. The highest BCUT2D eigenvalue weighted by molar-refractivity contribution is 7.99. The number of rotatable bonds is 6. The predicted octanol–water partition coefficient (Wildman–Crippen LogP) is 2.79. The Labute approximate surface area is 107 Å². The third kappa shape index (κ3) is 4.06. The molecule has 1 atom stereocenters. The van der Waals surface area contributed by atoms with Crippen molar-refractivity contribution in [1.82, 2.24) is 4.98 Å². The molecule has 1 rings (SSSR count). The number of oxazole rings is 1. The first-order valence-corrected chi connectivity index (χ1v) is 6.76. The number of nitrogens with zero attached hydrogens (tertiary/aromatic N) is 2. The second-order valence-electron chi connectivity index (χ2n) is 4.19. The van der Waals surface area contributed by atoms with Gasteiger partial charge in [0.05, 0.1) is 11.8 Å². The number of nitriles is 1. The first-order valence-electron chi connectivity index (χ1n) is 5.77. The van der Waals surface area contributed by atoms with Crippen LogP contribution in [0.2, 0.25) is 0 Å². The van der Waals surface area contributed by atoms with Crippen molar-refractivity contribution in [3.05, 3.63) is 11.5 Å². The molecule has 17 heavy (non-hydrogen) atoms. The number of hydrogen-bond donors (Lipinski definition) is 1. The minimum absolute atomic E-state index is 0.678. The Morgan fingerprint density at radius 3 is 2.71 bits per heavy atom. The lowest BCUT2D eigenvalue weighted by Gasteiger charge is -2.18. The number of thioether (sulfide) groups is 1. The highest BCUT2D eigenvalue weighted by Gasteiger charge is 2.21. The van der Waals surface area contributed by atoms with Crippen molar-refractivity contribution < 1.29 is 4.42 Å². The molecule has 0 radical (unpaired) electrons. The average Bonchev–Trinajstić information content (AvgIpc) is 2.64. The Kier molecular flexibility index (Phi) is 5.03. The standard InChI is InChI=1S/C12H19N3OS/c1-4-12(14,8-13)6-5-7-17-11-15-9(2)10(3)16-11/h4-7,14H2,1-3H3. The van der Waals surface area contributed by atoms with Crippen LogP contribution >= 0.6 is 11.8 Å². The van der Waals surface area contributed by atoms with Crippen molar-refractivity contribution in [3.63, 3.8) is 0 Å². The summed E-state index contributed by atoms with van der Waals surface area (Å²) in [5, 5.41) is 9.63. The van der Waals surface area contributed by atoms with Gasteiger partial charge in [-0.2, -0.15) is 5.26 Å². The summed E-state index contributed by atoms with van der Waals surface area (Å²) < 4.78 is 5.45. The molecule has 0 amide bonds. The molecule has 0 aliphatic carbocycles. The molecule has 1 heterocycles. The molecule has 0 aliphatic heterocycles. The molecule has 0 fully saturated rings. The van der Waals surface area contributed by atoms with E-state index in [0.29, 0.717) is 18.1 Å². The number of aromatic nitrogens is 1. The molecule has 1 aromatic heterocycles. The molecule has 1 aromatic rings. The third-order valence-corrected chi connectivity index (χ3v) is 3.77. The summed E-state index contributed by atoms with van der Waals surface area (Å²) in [7, 11) is 0. The molecule has 1 unspecified atom stereocenters. The minimum atomic E-state index is -0.678. The molecule has 0 saturated heterocycles. The lowest BCUT2D eigenvalue weighted by atomic mass is 9.94. The van der Waals surface area contributed by atoms with Gasteiger partial charge < -0.3 is 10.2 Å². The zero-order valence-electron chi connectivity index (χ0n) is 10.6. The zero-order chi connectivity index (χ0) is 12.9. The van der Waals surface area contributed by atoms with Gasteiger partial charge in [0, 0.05) is 5.75 Å². The van der Waals surface area contributed by atoms with E-state index in [-0.39, 0.29) is 0 Å². The molecule has 4 nitrogen and oxygen atoms in total. The quantitative estimate of drug-likeness (QED) is 0.623. The first-order chi connectivity index (χ1) is 8.00. The van der Waals surface area contributed by atoms with Crippen LogP contribution in [-0.2, 0) is 0 Å². The Bertz CT molecular complexity index is 391. The van der Waals surface area contributed by atoms with Gasteiger partial charge in [-0.15, -0.1) is 0 Å². The van der Waals surface area contributed by atoms with E-state index >= 15 is 0 Å². The lowest BCUT2D eigenvalue weighted by Crippen LogP contribution is -2.37. The maximum absolute atomic E-state index is 8.93.